The summed E-state index contributed by atoms with van der Waals surface area (Å²) in [5.41, 5.74) is 0.0522. The monoisotopic (exact) mass is 338 g/mol. The van der Waals surface area contributed by atoms with Crippen LogP contribution in [0.5, 0.6) is 0 Å². The van der Waals surface area contributed by atoms with Crippen LogP contribution in [0.15, 0.2) is 0 Å². The van der Waals surface area contributed by atoms with E-state index < -0.39 is 0 Å². The predicted molar refractivity (Wildman–Crippen MR) is 79.1 cm³/mol. The molecule has 0 bridgehead atoms. The molecule has 4 nitrogen and oxygen atoms in total. The van der Waals surface area contributed by atoms with E-state index in [9.17, 15) is 0 Å². The second kappa shape index (κ2) is 11.0. The zero-order chi connectivity index (χ0) is 13.8. The molecule has 0 atom stereocenters. The van der Waals surface area contributed by atoms with Crippen molar-refractivity contribution in [1.82, 2.24) is 0 Å². The molecule has 0 aromatic rings. The summed E-state index contributed by atoms with van der Waals surface area (Å²) in [7, 11) is 1.67. The fourth-order valence-electron chi connectivity index (χ4n) is 2.29. The molecule has 0 aromatic heterocycles. The Morgan fingerprint density at radius 2 is 1.42 bits per heavy atom. The minimum Gasteiger partial charge on any atom is -0.382 e. The first-order chi connectivity index (χ1) is 9.33. The first kappa shape index (κ1) is 17.4. The summed E-state index contributed by atoms with van der Waals surface area (Å²) in [6, 6.07) is 0. The van der Waals surface area contributed by atoms with E-state index in [0.717, 1.165) is 5.33 Å². The van der Waals surface area contributed by atoms with Gasteiger partial charge in [-0.1, -0.05) is 35.2 Å². The lowest BCUT2D eigenvalue weighted by atomic mass is 9.86. The number of hydrogen-bond donors (Lipinski definition) is 0. The molecular weight excluding hydrogens is 312 g/mol. The van der Waals surface area contributed by atoms with Gasteiger partial charge in [0.15, 0.2) is 0 Å². The Morgan fingerprint density at radius 1 is 0.842 bits per heavy atom. The number of ether oxygens (including phenoxy) is 4. The topological polar surface area (TPSA) is 36.9 Å². The predicted octanol–water partition coefficient (Wildman–Crippen LogP) is 2.78. The molecule has 0 aromatic carbocycles. The van der Waals surface area contributed by atoms with Crippen LogP contribution >= 0.6 is 15.9 Å². The molecule has 0 N–H and O–H groups in total. The van der Waals surface area contributed by atoms with Crippen molar-refractivity contribution in [3.05, 3.63) is 0 Å². The normalized spacial score (nSPS) is 18.6. The van der Waals surface area contributed by atoms with E-state index in [1.165, 1.54) is 32.1 Å². The molecule has 0 amide bonds. The number of alkyl halides is 1. The Bertz CT molecular complexity index is 208. The molecule has 5 heteroatoms. The average molecular weight is 339 g/mol. The van der Waals surface area contributed by atoms with Crippen molar-refractivity contribution >= 4 is 15.9 Å². The van der Waals surface area contributed by atoms with E-state index in [0.29, 0.717) is 39.6 Å². The molecule has 1 saturated carbocycles. The summed E-state index contributed by atoms with van der Waals surface area (Å²) < 4.78 is 21.7. The van der Waals surface area contributed by atoms with Gasteiger partial charge in [-0.25, -0.2) is 0 Å². The van der Waals surface area contributed by atoms with E-state index in [1.54, 1.807) is 7.11 Å². The van der Waals surface area contributed by atoms with Crippen molar-refractivity contribution in [1.29, 1.82) is 0 Å². The van der Waals surface area contributed by atoms with Crippen LogP contribution < -0.4 is 0 Å². The van der Waals surface area contributed by atoms with Crippen LogP contribution in [0, 0.1) is 0 Å². The molecule has 0 spiro atoms. The molecule has 0 radical (unpaired) electrons. The summed E-state index contributed by atoms with van der Waals surface area (Å²) in [6.45, 7) is 3.81. The molecule has 0 aliphatic heterocycles. The van der Waals surface area contributed by atoms with Gasteiger partial charge in [0, 0.05) is 12.4 Å². The van der Waals surface area contributed by atoms with Crippen LogP contribution in [0.2, 0.25) is 0 Å². The molecular formula is C14H27BrO4. The van der Waals surface area contributed by atoms with E-state index in [-0.39, 0.29) is 5.60 Å². The van der Waals surface area contributed by atoms with Crippen LogP contribution in [0.3, 0.4) is 0 Å². The van der Waals surface area contributed by atoms with Gasteiger partial charge < -0.3 is 18.9 Å². The largest absolute Gasteiger partial charge is 0.382 e. The van der Waals surface area contributed by atoms with Crippen molar-refractivity contribution < 1.29 is 18.9 Å². The highest BCUT2D eigenvalue weighted by atomic mass is 79.9. The molecule has 0 saturated heterocycles. The van der Waals surface area contributed by atoms with Crippen molar-refractivity contribution in [2.75, 3.05) is 52.1 Å². The van der Waals surface area contributed by atoms with Crippen LogP contribution in [0.25, 0.3) is 0 Å². The Balaban J connectivity index is 1.94. The molecule has 1 aliphatic rings. The van der Waals surface area contributed by atoms with Crippen LogP contribution in [-0.2, 0) is 18.9 Å². The SMILES string of the molecule is COCCOCCOCCOC1(CBr)CCCCC1. The Labute approximate surface area is 125 Å². The lowest BCUT2D eigenvalue weighted by Gasteiger charge is -2.35. The lowest BCUT2D eigenvalue weighted by molar-refractivity contribution is -0.0762. The Hall–Kier alpha value is 0.320. The smallest absolute Gasteiger partial charge is 0.0780 e. The second-order valence-electron chi connectivity index (χ2n) is 4.94. The third-order valence-corrected chi connectivity index (χ3v) is 4.47. The highest BCUT2D eigenvalue weighted by Gasteiger charge is 2.31. The quantitative estimate of drug-likeness (QED) is 0.428. The molecule has 114 valence electrons. The standard InChI is InChI=1S/C14H27BrO4/c1-16-7-8-17-9-10-18-11-12-19-14(13-15)5-3-2-4-6-14/h2-13H2,1H3. The lowest BCUT2D eigenvalue weighted by Crippen LogP contribution is -2.37. The van der Waals surface area contributed by atoms with Gasteiger partial charge in [-0.2, -0.15) is 0 Å². The first-order valence-corrected chi connectivity index (χ1v) is 8.29. The molecule has 19 heavy (non-hydrogen) atoms. The number of methoxy groups -OCH3 is 1. The van der Waals surface area contributed by atoms with Crippen molar-refractivity contribution in [3.8, 4) is 0 Å². The number of halogens is 1. The second-order valence-corrected chi connectivity index (χ2v) is 5.50. The van der Waals surface area contributed by atoms with E-state index in [2.05, 4.69) is 15.9 Å². The van der Waals surface area contributed by atoms with Crippen LogP contribution in [0.1, 0.15) is 32.1 Å². The Morgan fingerprint density at radius 3 is 2.00 bits per heavy atom. The van der Waals surface area contributed by atoms with E-state index in [4.69, 9.17) is 18.9 Å². The van der Waals surface area contributed by atoms with Crippen LogP contribution in [0.4, 0.5) is 0 Å². The van der Waals surface area contributed by atoms with Crippen molar-refractivity contribution in [2.24, 2.45) is 0 Å². The van der Waals surface area contributed by atoms with Gasteiger partial charge in [0.25, 0.3) is 0 Å². The fourth-order valence-corrected chi connectivity index (χ4v) is 3.02. The molecule has 1 rings (SSSR count). The van der Waals surface area contributed by atoms with Crippen LogP contribution in [-0.4, -0.2) is 57.7 Å². The molecule has 1 aliphatic carbocycles. The van der Waals surface area contributed by atoms with Gasteiger partial charge in [-0.15, -0.1) is 0 Å². The minimum atomic E-state index is 0.0522. The highest BCUT2D eigenvalue weighted by Crippen LogP contribution is 2.33. The van der Waals surface area contributed by atoms with Gasteiger partial charge >= 0.3 is 0 Å². The first-order valence-electron chi connectivity index (χ1n) is 7.17. The maximum absolute atomic E-state index is 6.03. The summed E-state index contributed by atoms with van der Waals surface area (Å²) >= 11 is 3.59. The number of rotatable bonds is 11. The maximum atomic E-state index is 6.03. The van der Waals surface area contributed by atoms with Gasteiger partial charge in [0.2, 0.25) is 0 Å². The molecule has 1 fully saturated rings. The maximum Gasteiger partial charge on any atom is 0.0780 e. The third kappa shape index (κ3) is 7.61. The minimum absolute atomic E-state index is 0.0522. The van der Waals surface area contributed by atoms with Crippen molar-refractivity contribution in [3.63, 3.8) is 0 Å². The van der Waals surface area contributed by atoms with Gasteiger partial charge in [-0.3, -0.25) is 0 Å². The summed E-state index contributed by atoms with van der Waals surface area (Å²) in [5.74, 6) is 0. The van der Waals surface area contributed by atoms with Crippen molar-refractivity contribution in [2.45, 2.75) is 37.7 Å². The molecule has 0 unspecified atom stereocenters. The van der Waals surface area contributed by atoms with E-state index in [1.807, 2.05) is 0 Å². The highest BCUT2D eigenvalue weighted by molar-refractivity contribution is 9.09. The zero-order valence-electron chi connectivity index (χ0n) is 12.0. The average Bonchev–Trinajstić information content (AvgIpc) is 2.46. The summed E-state index contributed by atoms with van der Waals surface area (Å²) in [6.07, 6.45) is 6.23. The number of hydrogen-bond acceptors (Lipinski definition) is 4. The van der Waals surface area contributed by atoms with Gasteiger partial charge in [0.05, 0.1) is 45.2 Å². The Kier molecular flexibility index (Phi) is 10.1. The van der Waals surface area contributed by atoms with E-state index >= 15 is 0 Å². The zero-order valence-corrected chi connectivity index (χ0v) is 13.6. The fraction of sp³-hybridized carbons (Fsp3) is 1.00. The van der Waals surface area contributed by atoms with Gasteiger partial charge in [0.1, 0.15) is 0 Å². The molecule has 0 heterocycles. The summed E-state index contributed by atoms with van der Waals surface area (Å²) in [4.78, 5) is 0. The summed E-state index contributed by atoms with van der Waals surface area (Å²) in [5, 5.41) is 0.931. The van der Waals surface area contributed by atoms with Gasteiger partial charge in [-0.05, 0) is 12.8 Å². The third-order valence-electron chi connectivity index (χ3n) is 3.45.